The summed E-state index contributed by atoms with van der Waals surface area (Å²) in [7, 11) is 1.64. The summed E-state index contributed by atoms with van der Waals surface area (Å²) in [6.07, 6.45) is 1.67. The number of ether oxygens (including phenoxy) is 1. The van der Waals surface area contributed by atoms with Crippen molar-refractivity contribution in [2.75, 3.05) is 12.4 Å². The lowest BCUT2D eigenvalue weighted by Crippen LogP contribution is -2.14. The fourth-order valence-electron chi connectivity index (χ4n) is 2.38. The molecule has 5 nitrogen and oxygen atoms in total. The fourth-order valence-corrected chi connectivity index (χ4v) is 2.38. The SMILES string of the molecule is COCc1cccc(NC(=O)Cc2coc(-c3ccccc3)n2)c1. The Labute approximate surface area is 140 Å². The summed E-state index contributed by atoms with van der Waals surface area (Å²) >= 11 is 0. The third kappa shape index (κ3) is 4.08. The van der Waals surface area contributed by atoms with E-state index in [1.807, 2.05) is 54.6 Å². The molecule has 0 aliphatic rings. The van der Waals surface area contributed by atoms with Gasteiger partial charge in [0, 0.05) is 18.4 Å². The zero-order valence-corrected chi connectivity index (χ0v) is 13.4. The molecule has 1 heterocycles. The van der Waals surface area contributed by atoms with Crippen LogP contribution in [0, 0.1) is 0 Å². The van der Waals surface area contributed by atoms with E-state index >= 15 is 0 Å². The standard InChI is InChI=1S/C19H18N2O3/c1-23-12-14-6-5-9-16(10-14)20-18(22)11-17-13-24-19(21-17)15-7-3-2-4-8-15/h2-10,13H,11-12H2,1H3,(H,20,22). The number of nitrogens with zero attached hydrogens (tertiary/aromatic N) is 1. The van der Waals surface area contributed by atoms with Gasteiger partial charge >= 0.3 is 0 Å². The van der Waals surface area contributed by atoms with Gasteiger partial charge in [-0.2, -0.15) is 0 Å². The van der Waals surface area contributed by atoms with Gasteiger partial charge in [0.1, 0.15) is 6.26 Å². The fraction of sp³-hybridized carbons (Fsp3) is 0.158. The lowest BCUT2D eigenvalue weighted by atomic mass is 10.2. The van der Waals surface area contributed by atoms with E-state index in [1.165, 1.54) is 6.26 Å². The van der Waals surface area contributed by atoms with Crippen molar-refractivity contribution >= 4 is 11.6 Å². The predicted octanol–water partition coefficient (Wildman–Crippen LogP) is 3.67. The van der Waals surface area contributed by atoms with E-state index in [0.29, 0.717) is 18.2 Å². The van der Waals surface area contributed by atoms with E-state index in [0.717, 1.165) is 16.8 Å². The first kappa shape index (κ1) is 16.0. The van der Waals surface area contributed by atoms with E-state index < -0.39 is 0 Å². The van der Waals surface area contributed by atoms with Crippen molar-refractivity contribution in [1.29, 1.82) is 0 Å². The molecule has 1 amide bonds. The highest BCUT2D eigenvalue weighted by atomic mass is 16.5. The molecule has 122 valence electrons. The Morgan fingerprint density at radius 3 is 2.79 bits per heavy atom. The molecule has 1 aromatic heterocycles. The first-order valence-electron chi connectivity index (χ1n) is 7.62. The molecular formula is C19H18N2O3. The van der Waals surface area contributed by atoms with Crippen LogP contribution in [0.1, 0.15) is 11.3 Å². The summed E-state index contributed by atoms with van der Waals surface area (Å²) in [5, 5.41) is 2.86. The van der Waals surface area contributed by atoms with Crippen LogP contribution in [0.2, 0.25) is 0 Å². The van der Waals surface area contributed by atoms with Crippen molar-refractivity contribution in [3.05, 3.63) is 72.1 Å². The van der Waals surface area contributed by atoms with E-state index in [4.69, 9.17) is 9.15 Å². The molecule has 24 heavy (non-hydrogen) atoms. The Morgan fingerprint density at radius 1 is 1.17 bits per heavy atom. The number of hydrogen-bond acceptors (Lipinski definition) is 4. The number of rotatable bonds is 6. The highest BCUT2D eigenvalue weighted by molar-refractivity contribution is 5.92. The van der Waals surface area contributed by atoms with Crippen molar-refractivity contribution in [2.45, 2.75) is 13.0 Å². The van der Waals surface area contributed by atoms with Crippen LogP contribution in [0.25, 0.3) is 11.5 Å². The van der Waals surface area contributed by atoms with E-state index in [9.17, 15) is 4.79 Å². The first-order valence-corrected chi connectivity index (χ1v) is 7.62. The molecule has 0 aliphatic heterocycles. The minimum atomic E-state index is -0.141. The largest absolute Gasteiger partial charge is 0.444 e. The van der Waals surface area contributed by atoms with Gasteiger partial charge in [0.05, 0.1) is 18.7 Å². The highest BCUT2D eigenvalue weighted by Crippen LogP contribution is 2.18. The van der Waals surface area contributed by atoms with Crippen LogP contribution in [-0.4, -0.2) is 18.0 Å². The minimum Gasteiger partial charge on any atom is -0.444 e. The number of carbonyl (C=O) groups is 1. The van der Waals surface area contributed by atoms with Gasteiger partial charge in [-0.15, -0.1) is 0 Å². The molecule has 3 aromatic rings. The van der Waals surface area contributed by atoms with Crippen LogP contribution in [0.15, 0.2) is 65.3 Å². The topological polar surface area (TPSA) is 64.4 Å². The molecule has 0 fully saturated rings. The Hall–Kier alpha value is -2.92. The van der Waals surface area contributed by atoms with Crippen LogP contribution >= 0.6 is 0 Å². The van der Waals surface area contributed by atoms with Gasteiger partial charge in [-0.05, 0) is 29.8 Å². The van der Waals surface area contributed by atoms with E-state index in [2.05, 4.69) is 10.3 Å². The zero-order chi connectivity index (χ0) is 16.8. The average molecular weight is 322 g/mol. The first-order chi connectivity index (χ1) is 11.7. The van der Waals surface area contributed by atoms with Gasteiger partial charge in [-0.1, -0.05) is 30.3 Å². The zero-order valence-electron chi connectivity index (χ0n) is 13.4. The summed E-state index contributed by atoms with van der Waals surface area (Å²) in [4.78, 5) is 16.5. The summed E-state index contributed by atoms with van der Waals surface area (Å²) in [6.45, 7) is 0.507. The second-order valence-corrected chi connectivity index (χ2v) is 5.37. The van der Waals surface area contributed by atoms with Crippen LogP contribution in [-0.2, 0) is 22.6 Å². The van der Waals surface area contributed by atoms with E-state index in [-0.39, 0.29) is 12.3 Å². The number of aromatic nitrogens is 1. The number of carbonyl (C=O) groups excluding carboxylic acids is 1. The molecule has 0 spiro atoms. The number of amides is 1. The quantitative estimate of drug-likeness (QED) is 0.752. The summed E-state index contributed by atoms with van der Waals surface area (Å²) in [5.41, 5.74) is 3.22. The third-order valence-electron chi connectivity index (χ3n) is 3.44. The maximum atomic E-state index is 12.2. The number of nitrogens with one attached hydrogen (secondary N) is 1. The maximum absolute atomic E-state index is 12.2. The normalized spacial score (nSPS) is 10.5. The Morgan fingerprint density at radius 2 is 2.00 bits per heavy atom. The van der Waals surface area contributed by atoms with Crippen LogP contribution in [0.3, 0.4) is 0 Å². The Kier molecular flexibility index (Phi) is 5.03. The third-order valence-corrected chi connectivity index (χ3v) is 3.44. The van der Waals surface area contributed by atoms with Gasteiger partial charge in [-0.3, -0.25) is 4.79 Å². The molecule has 2 aromatic carbocycles. The van der Waals surface area contributed by atoms with Crippen molar-refractivity contribution < 1.29 is 13.9 Å². The second-order valence-electron chi connectivity index (χ2n) is 5.37. The molecule has 0 saturated carbocycles. The number of hydrogen-bond donors (Lipinski definition) is 1. The molecular weight excluding hydrogens is 304 g/mol. The number of anilines is 1. The molecule has 5 heteroatoms. The summed E-state index contributed by atoms with van der Waals surface area (Å²) in [5.74, 6) is 0.373. The van der Waals surface area contributed by atoms with Crippen molar-refractivity contribution in [2.24, 2.45) is 0 Å². The van der Waals surface area contributed by atoms with Crippen molar-refractivity contribution in [1.82, 2.24) is 4.98 Å². The van der Waals surface area contributed by atoms with Crippen molar-refractivity contribution in [3.63, 3.8) is 0 Å². The lowest BCUT2D eigenvalue weighted by Gasteiger charge is -2.06. The Balaban J connectivity index is 1.63. The average Bonchev–Trinajstić information content (AvgIpc) is 3.04. The molecule has 0 radical (unpaired) electrons. The van der Waals surface area contributed by atoms with Crippen molar-refractivity contribution in [3.8, 4) is 11.5 Å². The number of oxazole rings is 1. The predicted molar refractivity (Wildman–Crippen MR) is 91.4 cm³/mol. The highest BCUT2D eigenvalue weighted by Gasteiger charge is 2.10. The smallest absolute Gasteiger partial charge is 0.230 e. The number of methoxy groups -OCH3 is 1. The van der Waals surface area contributed by atoms with Crippen LogP contribution in [0.5, 0.6) is 0 Å². The monoisotopic (exact) mass is 322 g/mol. The summed E-state index contributed by atoms with van der Waals surface area (Å²) in [6, 6.07) is 17.1. The molecule has 0 atom stereocenters. The van der Waals surface area contributed by atoms with Gasteiger partial charge < -0.3 is 14.5 Å². The molecule has 0 saturated heterocycles. The van der Waals surface area contributed by atoms with Crippen LogP contribution in [0.4, 0.5) is 5.69 Å². The Bertz CT molecular complexity index is 812. The second kappa shape index (κ2) is 7.57. The van der Waals surface area contributed by atoms with E-state index in [1.54, 1.807) is 7.11 Å². The molecule has 3 rings (SSSR count). The lowest BCUT2D eigenvalue weighted by molar-refractivity contribution is -0.115. The summed E-state index contributed by atoms with van der Waals surface area (Å²) < 4.78 is 10.5. The molecule has 0 bridgehead atoms. The van der Waals surface area contributed by atoms with Gasteiger partial charge in [-0.25, -0.2) is 4.98 Å². The number of benzene rings is 2. The minimum absolute atomic E-state index is 0.141. The van der Waals surface area contributed by atoms with Gasteiger partial charge in [0.25, 0.3) is 0 Å². The maximum Gasteiger partial charge on any atom is 0.230 e. The van der Waals surface area contributed by atoms with Gasteiger partial charge in [0.2, 0.25) is 11.8 Å². The molecule has 0 unspecified atom stereocenters. The van der Waals surface area contributed by atoms with Crippen LogP contribution < -0.4 is 5.32 Å². The molecule has 1 N–H and O–H groups in total. The molecule has 0 aliphatic carbocycles. The van der Waals surface area contributed by atoms with Gasteiger partial charge in [0.15, 0.2) is 0 Å².